The topological polar surface area (TPSA) is 57.6 Å². The van der Waals surface area contributed by atoms with E-state index in [1.54, 1.807) is 29.2 Å². The van der Waals surface area contributed by atoms with E-state index >= 15 is 0 Å². The standard InChI is InChI=1S/C24H21NO3/c26-23-20-14-8-7-13-19(20)21(24(27)28)22(18-11-5-2-6-12-18)25(23)16-15-17-9-3-1-4-10-17/h1-14,21-22H,15-16H2,(H,27,28)/t21-,22-/m1/s1. The molecule has 0 fully saturated rings. The molecule has 0 radical (unpaired) electrons. The molecule has 1 amide bonds. The molecule has 0 saturated carbocycles. The lowest BCUT2D eigenvalue weighted by molar-refractivity contribution is -0.140. The molecule has 0 aromatic heterocycles. The Balaban J connectivity index is 1.79. The zero-order valence-corrected chi connectivity index (χ0v) is 15.4. The molecule has 0 unspecified atom stereocenters. The Bertz CT molecular complexity index is 985. The van der Waals surface area contributed by atoms with Crippen molar-refractivity contribution in [1.29, 1.82) is 0 Å². The maximum atomic E-state index is 13.3. The molecule has 1 aliphatic rings. The van der Waals surface area contributed by atoms with Crippen molar-refractivity contribution in [3.8, 4) is 0 Å². The van der Waals surface area contributed by atoms with Gasteiger partial charge in [-0.3, -0.25) is 9.59 Å². The zero-order valence-electron chi connectivity index (χ0n) is 15.4. The molecule has 4 nitrogen and oxygen atoms in total. The van der Waals surface area contributed by atoms with Gasteiger partial charge < -0.3 is 10.0 Å². The molecule has 0 saturated heterocycles. The summed E-state index contributed by atoms with van der Waals surface area (Å²) < 4.78 is 0. The minimum atomic E-state index is -0.918. The number of hydrogen-bond donors (Lipinski definition) is 1. The van der Waals surface area contributed by atoms with Gasteiger partial charge in [0.2, 0.25) is 0 Å². The molecule has 1 aliphatic heterocycles. The third-order valence-electron chi connectivity index (χ3n) is 5.33. The maximum Gasteiger partial charge on any atom is 0.313 e. The summed E-state index contributed by atoms with van der Waals surface area (Å²) in [6.07, 6.45) is 0.671. The van der Waals surface area contributed by atoms with Crippen LogP contribution in [0.3, 0.4) is 0 Å². The fourth-order valence-corrected chi connectivity index (χ4v) is 4.02. The summed E-state index contributed by atoms with van der Waals surface area (Å²) >= 11 is 0. The molecule has 0 aliphatic carbocycles. The Morgan fingerprint density at radius 3 is 2.14 bits per heavy atom. The van der Waals surface area contributed by atoms with Crippen LogP contribution < -0.4 is 0 Å². The van der Waals surface area contributed by atoms with Crippen molar-refractivity contribution in [2.75, 3.05) is 6.54 Å². The second kappa shape index (κ2) is 7.69. The number of benzene rings is 3. The van der Waals surface area contributed by atoms with E-state index in [9.17, 15) is 14.7 Å². The number of carbonyl (C=O) groups is 2. The second-order valence-electron chi connectivity index (χ2n) is 6.99. The fraction of sp³-hybridized carbons (Fsp3) is 0.167. The summed E-state index contributed by atoms with van der Waals surface area (Å²) in [4.78, 5) is 27.3. The lowest BCUT2D eigenvalue weighted by Crippen LogP contribution is -2.45. The van der Waals surface area contributed by atoms with Gasteiger partial charge in [0.05, 0.1) is 6.04 Å². The van der Waals surface area contributed by atoms with Gasteiger partial charge in [0.25, 0.3) is 5.91 Å². The molecule has 4 heteroatoms. The van der Waals surface area contributed by atoms with Crippen LogP contribution in [0, 0.1) is 0 Å². The van der Waals surface area contributed by atoms with E-state index in [0.717, 1.165) is 11.1 Å². The van der Waals surface area contributed by atoms with Gasteiger partial charge in [0, 0.05) is 12.1 Å². The third kappa shape index (κ3) is 3.29. The molecule has 4 rings (SSSR count). The molecule has 0 spiro atoms. The summed E-state index contributed by atoms with van der Waals surface area (Å²) in [7, 11) is 0. The predicted octanol–water partition coefficient (Wildman–Crippen LogP) is 4.29. The van der Waals surface area contributed by atoms with Crippen molar-refractivity contribution < 1.29 is 14.7 Å². The first-order valence-corrected chi connectivity index (χ1v) is 9.38. The van der Waals surface area contributed by atoms with Crippen LogP contribution in [0.4, 0.5) is 0 Å². The average Bonchev–Trinajstić information content (AvgIpc) is 2.74. The molecule has 140 valence electrons. The van der Waals surface area contributed by atoms with Gasteiger partial charge in [-0.25, -0.2) is 0 Å². The Labute approximate surface area is 164 Å². The van der Waals surface area contributed by atoms with Gasteiger partial charge in [-0.05, 0) is 29.2 Å². The highest BCUT2D eigenvalue weighted by atomic mass is 16.4. The molecule has 2 atom stereocenters. The lowest BCUT2D eigenvalue weighted by atomic mass is 9.79. The van der Waals surface area contributed by atoms with Crippen LogP contribution in [0.25, 0.3) is 0 Å². The lowest BCUT2D eigenvalue weighted by Gasteiger charge is -2.41. The van der Waals surface area contributed by atoms with E-state index in [-0.39, 0.29) is 5.91 Å². The first-order chi connectivity index (χ1) is 13.7. The van der Waals surface area contributed by atoms with Crippen LogP contribution in [0.1, 0.15) is 39.0 Å². The molecule has 1 N–H and O–H groups in total. The van der Waals surface area contributed by atoms with E-state index in [1.165, 1.54) is 0 Å². The summed E-state index contributed by atoms with van der Waals surface area (Å²) in [5.41, 5.74) is 3.03. The van der Waals surface area contributed by atoms with Gasteiger partial charge in [0.15, 0.2) is 0 Å². The zero-order chi connectivity index (χ0) is 19.5. The number of carboxylic acids is 1. The Morgan fingerprint density at radius 1 is 0.857 bits per heavy atom. The summed E-state index contributed by atoms with van der Waals surface area (Å²) in [6, 6.07) is 25.9. The van der Waals surface area contributed by atoms with Crippen LogP contribution in [-0.2, 0) is 11.2 Å². The summed E-state index contributed by atoms with van der Waals surface area (Å²) in [5, 5.41) is 10.1. The first kappa shape index (κ1) is 18.0. The predicted molar refractivity (Wildman–Crippen MR) is 107 cm³/mol. The Kier molecular flexibility index (Phi) is 4.94. The highest BCUT2D eigenvalue weighted by Crippen LogP contribution is 2.42. The number of rotatable bonds is 5. The molecule has 0 bridgehead atoms. The smallest absolute Gasteiger partial charge is 0.313 e. The number of carbonyl (C=O) groups excluding carboxylic acids is 1. The van der Waals surface area contributed by atoms with Crippen LogP contribution in [-0.4, -0.2) is 28.4 Å². The summed E-state index contributed by atoms with van der Waals surface area (Å²) in [5.74, 6) is -1.83. The van der Waals surface area contributed by atoms with Crippen LogP contribution in [0.5, 0.6) is 0 Å². The first-order valence-electron chi connectivity index (χ1n) is 9.38. The van der Waals surface area contributed by atoms with Crippen molar-refractivity contribution in [1.82, 2.24) is 4.90 Å². The van der Waals surface area contributed by atoms with Crippen molar-refractivity contribution in [2.24, 2.45) is 0 Å². The van der Waals surface area contributed by atoms with E-state index in [0.29, 0.717) is 24.1 Å². The van der Waals surface area contributed by atoms with E-state index in [2.05, 4.69) is 0 Å². The minimum Gasteiger partial charge on any atom is -0.481 e. The highest BCUT2D eigenvalue weighted by molar-refractivity contribution is 6.00. The fourth-order valence-electron chi connectivity index (χ4n) is 4.02. The number of amides is 1. The van der Waals surface area contributed by atoms with E-state index in [4.69, 9.17) is 0 Å². The molecule has 28 heavy (non-hydrogen) atoms. The molecule has 1 heterocycles. The largest absolute Gasteiger partial charge is 0.481 e. The van der Waals surface area contributed by atoms with Crippen molar-refractivity contribution in [3.63, 3.8) is 0 Å². The molecular weight excluding hydrogens is 350 g/mol. The number of carboxylic acid groups (broad SMARTS) is 1. The molecule has 3 aromatic rings. The molecule has 3 aromatic carbocycles. The Hall–Kier alpha value is -3.40. The van der Waals surface area contributed by atoms with E-state index in [1.807, 2.05) is 60.7 Å². The maximum absolute atomic E-state index is 13.3. The molecular formula is C24H21NO3. The number of aliphatic carboxylic acids is 1. The van der Waals surface area contributed by atoms with Gasteiger partial charge >= 0.3 is 5.97 Å². The quantitative estimate of drug-likeness (QED) is 0.728. The van der Waals surface area contributed by atoms with E-state index < -0.39 is 17.9 Å². The normalized spacial score (nSPS) is 18.6. The second-order valence-corrected chi connectivity index (χ2v) is 6.99. The van der Waals surface area contributed by atoms with Gasteiger partial charge in [0.1, 0.15) is 5.92 Å². The van der Waals surface area contributed by atoms with Gasteiger partial charge in [-0.2, -0.15) is 0 Å². The van der Waals surface area contributed by atoms with Gasteiger partial charge in [-0.1, -0.05) is 78.9 Å². The minimum absolute atomic E-state index is 0.113. The monoisotopic (exact) mass is 371 g/mol. The van der Waals surface area contributed by atoms with Crippen LogP contribution in [0.2, 0.25) is 0 Å². The SMILES string of the molecule is O=C(O)[C@@H]1c2ccccc2C(=O)N(CCc2ccccc2)[C@@H]1c1ccccc1. The van der Waals surface area contributed by atoms with Gasteiger partial charge in [-0.15, -0.1) is 0 Å². The average molecular weight is 371 g/mol. The number of hydrogen-bond acceptors (Lipinski definition) is 2. The number of fused-ring (bicyclic) bond motifs is 1. The van der Waals surface area contributed by atoms with Crippen LogP contribution in [0.15, 0.2) is 84.9 Å². The van der Waals surface area contributed by atoms with Crippen LogP contribution >= 0.6 is 0 Å². The summed E-state index contributed by atoms with van der Waals surface area (Å²) in [6.45, 7) is 0.459. The third-order valence-corrected chi connectivity index (χ3v) is 5.33. The van der Waals surface area contributed by atoms with Crippen molar-refractivity contribution >= 4 is 11.9 Å². The highest BCUT2D eigenvalue weighted by Gasteiger charge is 2.43. The number of nitrogens with zero attached hydrogens (tertiary/aromatic N) is 1. The Morgan fingerprint density at radius 2 is 1.46 bits per heavy atom. The van der Waals surface area contributed by atoms with Crippen molar-refractivity contribution in [3.05, 3.63) is 107 Å². The van der Waals surface area contributed by atoms with Crippen molar-refractivity contribution in [2.45, 2.75) is 18.4 Å².